The van der Waals surface area contributed by atoms with Crippen molar-refractivity contribution in [3.8, 4) is 0 Å². The van der Waals surface area contributed by atoms with Gasteiger partial charge >= 0.3 is 0 Å². The summed E-state index contributed by atoms with van der Waals surface area (Å²) in [6.07, 6.45) is 6.11. The molecule has 28 heavy (non-hydrogen) atoms. The molecule has 4 rings (SSSR count). The second kappa shape index (κ2) is 9.05. The largest absolute Gasteiger partial charge is 0.330 e. The van der Waals surface area contributed by atoms with Gasteiger partial charge in [-0.2, -0.15) is 5.10 Å². The van der Waals surface area contributed by atoms with E-state index in [9.17, 15) is 9.59 Å². The summed E-state index contributed by atoms with van der Waals surface area (Å²) in [5.41, 5.74) is 0.333. The third-order valence-electron chi connectivity index (χ3n) is 5.93. The third-order valence-corrected chi connectivity index (χ3v) is 5.93. The summed E-state index contributed by atoms with van der Waals surface area (Å²) in [5.74, 6) is -0.0216. The van der Waals surface area contributed by atoms with Crippen molar-refractivity contribution < 1.29 is 4.79 Å². The Hall–Kier alpha value is -1.92. The molecule has 2 unspecified atom stereocenters. The maximum Gasteiger partial charge on any atom is 0.275 e. The molecule has 3 heterocycles. The van der Waals surface area contributed by atoms with Gasteiger partial charge in [0.25, 0.3) is 11.5 Å². The third kappa shape index (κ3) is 3.80. The Morgan fingerprint density at radius 1 is 1.14 bits per heavy atom. The highest BCUT2D eigenvalue weighted by molar-refractivity contribution is 6.05. The fourth-order valence-electron chi connectivity index (χ4n) is 4.49. The van der Waals surface area contributed by atoms with Gasteiger partial charge in [-0.1, -0.05) is 38.0 Å². The number of nitrogens with one attached hydrogen (secondary N) is 1. The van der Waals surface area contributed by atoms with Gasteiger partial charge in [0, 0.05) is 30.6 Å². The summed E-state index contributed by atoms with van der Waals surface area (Å²) in [5, 5.41) is 9.27. The van der Waals surface area contributed by atoms with Crippen LogP contribution in [0.25, 0.3) is 10.8 Å². The first-order valence-electron chi connectivity index (χ1n) is 10.2. The number of halogens is 1. The maximum absolute atomic E-state index is 13.5. The minimum absolute atomic E-state index is 0. The van der Waals surface area contributed by atoms with Crippen LogP contribution < -0.4 is 10.9 Å². The molecule has 6 nitrogen and oxygen atoms in total. The Labute approximate surface area is 171 Å². The van der Waals surface area contributed by atoms with Crippen LogP contribution in [-0.4, -0.2) is 45.8 Å². The fraction of sp³-hybridized carbons (Fsp3) is 0.571. The number of benzene rings is 1. The van der Waals surface area contributed by atoms with Crippen LogP contribution in [0.15, 0.2) is 29.1 Å². The van der Waals surface area contributed by atoms with Gasteiger partial charge in [-0.25, -0.2) is 4.68 Å². The molecule has 2 aromatic rings. The minimum atomic E-state index is -0.0984. The van der Waals surface area contributed by atoms with Crippen molar-refractivity contribution in [3.63, 3.8) is 0 Å². The van der Waals surface area contributed by atoms with Crippen molar-refractivity contribution in [1.29, 1.82) is 0 Å². The number of hydrogen-bond acceptors (Lipinski definition) is 4. The van der Waals surface area contributed by atoms with Crippen LogP contribution in [0, 0.1) is 0 Å². The van der Waals surface area contributed by atoms with Crippen LogP contribution in [0.5, 0.6) is 0 Å². The van der Waals surface area contributed by atoms with Crippen LogP contribution in [0.4, 0.5) is 0 Å². The van der Waals surface area contributed by atoms with Crippen LogP contribution >= 0.6 is 12.4 Å². The molecule has 2 aliphatic heterocycles. The highest BCUT2D eigenvalue weighted by atomic mass is 35.5. The Kier molecular flexibility index (Phi) is 6.73. The van der Waals surface area contributed by atoms with E-state index >= 15 is 0 Å². The first kappa shape index (κ1) is 20.8. The van der Waals surface area contributed by atoms with Gasteiger partial charge in [-0.3, -0.25) is 9.59 Å². The summed E-state index contributed by atoms with van der Waals surface area (Å²) in [6, 6.07) is 7.90. The first-order chi connectivity index (χ1) is 13.2. The van der Waals surface area contributed by atoms with Gasteiger partial charge in [0.05, 0.1) is 5.39 Å². The quantitative estimate of drug-likeness (QED) is 0.778. The number of aryl methyl sites for hydroxylation is 1. The monoisotopic (exact) mass is 404 g/mol. The predicted octanol–water partition coefficient (Wildman–Crippen LogP) is 2.98. The minimum Gasteiger partial charge on any atom is -0.330 e. The van der Waals surface area contributed by atoms with Crippen LogP contribution in [0.1, 0.15) is 55.9 Å². The van der Waals surface area contributed by atoms with Crippen LogP contribution in [0.2, 0.25) is 0 Å². The van der Waals surface area contributed by atoms with E-state index in [1.807, 2.05) is 29.2 Å². The molecule has 0 aliphatic carbocycles. The molecule has 0 radical (unpaired) electrons. The van der Waals surface area contributed by atoms with E-state index in [1.54, 1.807) is 0 Å². The Morgan fingerprint density at radius 3 is 2.68 bits per heavy atom. The molecule has 1 amide bonds. The lowest BCUT2D eigenvalue weighted by molar-refractivity contribution is 0.0673. The van der Waals surface area contributed by atoms with Gasteiger partial charge < -0.3 is 10.2 Å². The fourth-order valence-corrected chi connectivity index (χ4v) is 4.49. The first-order valence-corrected chi connectivity index (χ1v) is 10.2. The molecule has 2 fully saturated rings. The molecule has 2 atom stereocenters. The lowest BCUT2D eigenvalue weighted by Gasteiger charge is -2.28. The highest BCUT2D eigenvalue weighted by Gasteiger charge is 2.39. The van der Waals surface area contributed by atoms with Crippen molar-refractivity contribution >= 4 is 29.1 Å². The van der Waals surface area contributed by atoms with E-state index < -0.39 is 0 Å². The summed E-state index contributed by atoms with van der Waals surface area (Å²) in [6.45, 7) is 4.49. The van der Waals surface area contributed by atoms with Gasteiger partial charge in [-0.15, -0.1) is 12.4 Å². The molecule has 7 heteroatoms. The van der Waals surface area contributed by atoms with Crippen molar-refractivity contribution in [2.75, 3.05) is 13.1 Å². The maximum atomic E-state index is 13.5. The molecule has 1 aromatic heterocycles. The standard InChI is InChI=1S/C21H28N4O2.ClH/c1-2-3-6-13-24-20(26)18-8-5-4-7-17(18)19(23-24)21(27)25-15-9-10-16(25)14-22-12-11-15;/h4-5,7-8,15-16,22H,2-3,6,9-14H2,1H3;1H. The number of aromatic nitrogens is 2. The second-order valence-electron chi connectivity index (χ2n) is 7.72. The van der Waals surface area contributed by atoms with E-state index in [0.29, 0.717) is 23.0 Å². The highest BCUT2D eigenvalue weighted by Crippen LogP contribution is 2.30. The van der Waals surface area contributed by atoms with E-state index in [4.69, 9.17) is 0 Å². The number of unbranched alkanes of at least 4 members (excludes halogenated alkanes) is 2. The van der Waals surface area contributed by atoms with Crippen molar-refractivity contribution in [2.24, 2.45) is 0 Å². The van der Waals surface area contributed by atoms with Gasteiger partial charge in [0.15, 0.2) is 5.69 Å². The van der Waals surface area contributed by atoms with Crippen molar-refractivity contribution in [3.05, 3.63) is 40.3 Å². The lowest BCUT2D eigenvalue weighted by Crippen LogP contribution is -2.43. The van der Waals surface area contributed by atoms with Crippen LogP contribution in [-0.2, 0) is 6.54 Å². The average Bonchev–Trinajstić information content (AvgIpc) is 2.96. The Morgan fingerprint density at radius 2 is 1.89 bits per heavy atom. The molecular weight excluding hydrogens is 376 g/mol. The summed E-state index contributed by atoms with van der Waals surface area (Å²) in [7, 11) is 0. The number of amides is 1. The topological polar surface area (TPSA) is 67.2 Å². The molecule has 2 aliphatic rings. The number of carbonyl (C=O) groups excluding carboxylic acids is 1. The summed E-state index contributed by atoms with van der Waals surface area (Å²) >= 11 is 0. The summed E-state index contributed by atoms with van der Waals surface area (Å²) < 4.78 is 1.50. The second-order valence-corrected chi connectivity index (χ2v) is 7.72. The average molecular weight is 405 g/mol. The van der Waals surface area contributed by atoms with Crippen molar-refractivity contribution in [2.45, 2.75) is 64.1 Å². The molecule has 2 saturated heterocycles. The van der Waals surface area contributed by atoms with E-state index in [1.165, 1.54) is 4.68 Å². The zero-order valence-corrected chi connectivity index (χ0v) is 17.2. The van der Waals surface area contributed by atoms with Crippen molar-refractivity contribution in [1.82, 2.24) is 20.0 Å². The number of nitrogens with zero attached hydrogens (tertiary/aromatic N) is 3. The number of rotatable bonds is 5. The molecule has 1 aromatic carbocycles. The van der Waals surface area contributed by atoms with Gasteiger partial charge in [0.2, 0.25) is 0 Å². The number of carbonyl (C=O) groups is 1. The lowest BCUT2D eigenvalue weighted by atomic mass is 10.1. The summed E-state index contributed by atoms with van der Waals surface area (Å²) in [4.78, 5) is 28.4. The molecule has 152 valence electrons. The van der Waals surface area contributed by atoms with E-state index in [-0.39, 0.29) is 36.0 Å². The molecule has 0 saturated carbocycles. The zero-order valence-electron chi connectivity index (χ0n) is 16.4. The number of hydrogen-bond donors (Lipinski definition) is 1. The molecule has 1 N–H and O–H groups in total. The van der Waals surface area contributed by atoms with Gasteiger partial charge in [-0.05, 0) is 38.3 Å². The smallest absolute Gasteiger partial charge is 0.275 e. The Bertz CT molecular complexity index is 884. The van der Waals surface area contributed by atoms with Gasteiger partial charge in [0.1, 0.15) is 0 Å². The van der Waals surface area contributed by atoms with E-state index in [2.05, 4.69) is 17.3 Å². The SMILES string of the molecule is CCCCCn1nc(C(=O)N2C3CCNCC2CC3)c2ccccc2c1=O.Cl. The molecular formula is C21H29ClN4O2. The predicted molar refractivity (Wildman–Crippen MR) is 113 cm³/mol. The Balaban J connectivity index is 0.00000225. The van der Waals surface area contributed by atoms with E-state index in [0.717, 1.165) is 51.6 Å². The molecule has 2 bridgehead atoms. The van der Waals surface area contributed by atoms with Crippen LogP contribution in [0.3, 0.4) is 0 Å². The zero-order chi connectivity index (χ0) is 18.8. The number of fused-ring (bicyclic) bond motifs is 3. The normalized spacial score (nSPS) is 21.4. The molecule has 0 spiro atoms.